The highest BCUT2D eigenvalue weighted by Crippen LogP contribution is 2.39. The van der Waals surface area contributed by atoms with Crippen molar-refractivity contribution in [3.63, 3.8) is 0 Å². The number of nitrogens with zero attached hydrogens (tertiary/aromatic N) is 2. The maximum atomic E-state index is 13.4. The standard InChI is InChI=1S/C31H41N3OS/c1-21-23(3)36-30(33-21)22(2)32-29(35)28-15-11-10-14-27(28)25-18-16-24(17-19-25)20-34(6)31(4,5)26-12-8-7-9-13-26/h7-9,12-13,16-19,22,27-28H,10-11,14-15,20H2,1-6H3,(H,32,35)/t22?,27-,28+/m1/s1. The van der Waals surface area contributed by atoms with Crippen molar-refractivity contribution < 1.29 is 4.79 Å². The molecular weight excluding hydrogens is 462 g/mol. The molecule has 3 aromatic rings. The van der Waals surface area contributed by atoms with E-state index in [2.05, 4.69) is 105 Å². The number of nitrogens with one attached hydrogen (secondary N) is 1. The summed E-state index contributed by atoms with van der Waals surface area (Å²) in [5, 5.41) is 4.28. The monoisotopic (exact) mass is 503 g/mol. The molecular formula is C31H41N3OS. The minimum absolute atomic E-state index is 0.0221. The summed E-state index contributed by atoms with van der Waals surface area (Å²) >= 11 is 1.68. The van der Waals surface area contributed by atoms with E-state index in [1.165, 1.54) is 28.0 Å². The molecule has 1 aliphatic carbocycles. The molecule has 0 radical (unpaired) electrons. The second-order valence-corrected chi connectivity index (χ2v) is 12.2. The Hall–Kier alpha value is -2.50. The van der Waals surface area contributed by atoms with Crippen LogP contribution in [0.25, 0.3) is 0 Å². The number of amides is 1. The molecule has 2 aromatic carbocycles. The number of benzene rings is 2. The first-order valence-corrected chi connectivity index (χ1v) is 14.1. The van der Waals surface area contributed by atoms with E-state index in [9.17, 15) is 4.79 Å². The maximum absolute atomic E-state index is 13.4. The smallest absolute Gasteiger partial charge is 0.224 e. The van der Waals surface area contributed by atoms with Gasteiger partial charge in [-0.2, -0.15) is 0 Å². The molecule has 4 rings (SSSR count). The van der Waals surface area contributed by atoms with Gasteiger partial charge >= 0.3 is 0 Å². The van der Waals surface area contributed by atoms with Crippen LogP contribution in [-0.2, 0) is 16.9 Å². The summed E-state index contributed by atoms with van der Waals surface area (Å²) < 4.78 is 0. The fourth-order valence-electron chi connectivity index (χ4n) is 5.32. The molecule has 3 atom stereocenters. The van der Waals surface area contributed by atoms with Gasteiger partial charge < -0.3 is 5.32 Å². The van der Waals surface area contributed by atoms with Gasteiger partial charge in [0.05, 0.1) is 11.7 Å². The Morgan fingerprint density at radius 3 is 2.39 bits per heavy atom. The average Bonchev–Trinajstić information content (AvgIpc) is 3.23. The Bertz CT molecular complexity index is 1130. The van der Waals surface area contributed by atoms with E-state index in [4.69, 9.17) is 0 Å². The number of rotatable bonds is 8. The third-order valence-corrected chi connectivity index (χ3v) is 9.39. The Labute approximate surface area is 221 Å². The lowest BCUT2D eigenvalue weighted by Crippen LogP contribution is -2.38. The summed E-state index contributed by atoms with van der Waals surface area (Å²) in [7, 11) is 2.19. The molecule has 1 saturated carbocycles. The average molecular weight is 504 g/mol. The molecule has 0 bridgehead atoms. The highest BCUT2D eigenvalue weighted by molar-refractivity contribution is 7.11. The summed E-state index contributed by atoms with van der Waals surface area (Å²) in [6.07, 6.45) is 4.33. The zero-order valence-corrected chi connectivity index (χ0v) is 23.5. The molecule has 0 saturated heterocycles. The van der Waals surface area contributed by atoms with Crippen LogP contribution in [-0.4, -0.2) is 22.8 Å². The first kappa shape index (κ1) is 26.6. The minimum atomic E-state index is -0.0579. The van der Waals surface area contributed by atoms with Gasteiger partial charge in [-0.15, -0.1) is 11.3 Å². The van der Waals surface area contributed by atoms with Gasteiger partial charge in [0.1, 0.15) is 5.01 Å². The van der Waals surface area contributed by atoms with Crippen LogP contribution in [0.5, 0.6) is 0 Å². The molecule has 1 aromatic heterocycles. The van der Waals surface area contributed by atoms with Crippen molar-refractivity contribution in [2.45, 2.75) is 84.3 Å². The molecule has 1 heterocycles. The van der Waals surface area contributed by atoms with Crippen LogP contribution in [0.3, 0.4) is 0 Å². The highest BCUT2D eigenvalue weighted by Gasteiger charge is 2.33. The Kier molecular flexibility index (Phi) is 8.31. The van der Waals surface area contributed by atoms with Crippen LogP contribution in [0.1, 0.15) is 90.7 Å². The van der Waals surface area contributed by atoms with Crippen molar-refractivity contribution in [1.82, 2.24) is 15.2 Å². The largest absolute Gasteiger partial charge is 0.347 e. The molecule has 192 valence electrons. The topological polar surface area (TPSA) is 45.2 Å². The van der Waals surface area contributed by atoms with Gasteiger partial charge in [-0.1, -0.05) is 67.4 Å². The van der Waals surface area contributed by atoms with Gasteiger partial charge in [0.25, 0.3) is 0 Å². The Morgan fingerprint density at radius 1 is 1.08 bits per heavy atom. The van der Waals surface area contributed by atoms with Crippen LogP contribution in [0.2, 0.25) is 0 Å². The van der Waals surface area contributed by atoms with Gasteiger partial charge in [-0.05, 0) is 77.1 Å². The molecule has 1 fully saturated rings. The van der Waals surface area contributed by atoms with Crippen LogP contribution < -0.4 is 5.32 Å². The molecule has 1 N–H and O–H groups in total. The molecule has 0 spiro atoms. The predicted octanol–water partition coefficient (Wildman–Crippen LogP) is 7.28. The molecule has 0 aliphatic heterocycles. The Balaban J connectivity index is 1.43. The lowest BCUT2D eigenvalue weighted by molar-refractivity contribution is -0.127. The number of hydrogen-bond acceptors (Lipinski definition) is 4. The third kappa shape index (κ3) is 5.90. The van der Waals surface area contributed by atoms with Crippen LogP contribution in [0.15, 0.2) is 54.6 Å². The number of aryl methyl sites for hydroxylation is 2. The van der Waals surface area contributed by atoms with Gasteiger partial charge in [-0.3, -0.25) is 9.69 Å². The molecule has 36 heavy (non-hydrogen) atoms. The van der Waals surface area contributed by atoms with Crippen molar-refractivity contribution in [2.75, 3.05) is 7.05 Å². The third-order valence-electron chi connectivity index (χ3n) is 8.14. The van der Waals surface area contributed by atoms with E-state index in [1.807, 2.05) is 6.92 Å². The summed E-state index contributed by atoms with van der Waals surface area (Å²) in [6.45, 7) is 11.6. The van der Waals surface area contributed by atoms with E-state index in [0.29, 0.717) is 0 Å². The van der Waals surface area contributed by atoms with Crippen molar-refractivity contribution in [3.05, 3.63) is 86.9 Å². The van der Waals surface area contributed by atoms with E-state index in [1.54, 1.807) is 11.3 Å². The number of hydrogen-bond donors (Lipinski definition) is 1. The zero-order valence-electron chi connectivity index (χ0n) is 22.7. The fourth-order valence-corrected chi connectivity index (χ4v) is 6.24. The lowest BCUT2D eigenvalue weighted by atomic mass is 9.75. The van der Waals surface area contributed by atoms with E-state index in [-0.39, 0.29) is 29.3 Å². The van der Waals surface area contributed by atoms with Gasteiger partial charge in [0.15, 0.2) is 0 Å². The Morgan fingerprint density at radius 2 is 1.75 bits per heavy atom. The van der Waals surface area contributed by atoms with Crippen molar-refractivity contribution in [3.8, 4) is 0 Å². The van der Waals surface area contributed by atoms with Gasteiger partial charge in [0, 0.05) is 22.9 Å². The fraction of sp³-hybridized carbons (Fsp3) is 0.484. The molecule has 1 aliphatic rings. The quantitative estimate of drug-likeness (QED) is 0.351. The molecule has 4 nitrogen and oxygen atoms in total. The molecule has 1 unspecified atom stereocenters. The predicted molar refractivity (Wildman–Crippen MR) is 150 cm³/mol. The number of carbonyl (C=O) groups excluding carboxylic acids is 1. The first-order chi connectivity index (χ1) is 17.2. The highest BCUT2D eigenvalue weighted by atomic mass is 32.1. The van der Waals surface area contributed by atoms with Crippen molar-refractivity contribution in [2.24, 2.45) is 5.92 Å². The second kappa shape index (κ2) is 11.3. The lowest BCUT2D eigenvalue weighted by Gasteiger charge is -2.36. The van der Waals surface area contributed by atoms with Gasteiger partial charge in [0.2, 0.25) is 5.91 Å². The summed E-state index contributed by atoms with van der Waals surface area (Å²) in [5.74, 6) is 0.471. The van der Waals surface area contributed by atoms with E-state index < -0.39 is 0 Å². The number of aromatic nitrogens is 1. The van der Waals surface area contributed by atoms with Gasteiger partial charge in [-0.25, -0.2) is 4.98 Å². The number of carbonyl (C=O) groups is 1. The van der Waals surface area contributed by atoms with E-state index >= 15 is 0 Å². The minimum Gasteiger partial charge on any atom is -0.347 e. The zero-order chi connectivity index (χ0) is 25.9. The normalized spacial score (nSPS) is 19.3. The van der Waals surface area contributed by atoms with Crippen molar-refractivity contribution in [1.29, 1.82) is 0 Å². The molecule has 1 amide bonds. The van der Waals surface area contributed by atoms with Crippen LogP contribution >= 0.6 is 11.3 Å². The summed E-state index contributed by atoms with van der Waals surface area (Å²) in [6, 6.07) is 19.6. The van der Waals surface area contributed by atoms with Crippen LogP contribution in [0, 0.1) is 19.8 Å². The maximum Gasteiger partial charge on any atom is 0.224 e. The SMILES string of the molecule is Cc1nc(C(C)NC(=O)[C@H]2CCCC[C@@H]2c2ccc(CN(C)C(C)(C)c3ccccc3)cc2)sc1C. The summed E-state index contributed by atoms with van der Waals surface area (Å²) in [5.41, 5.74) is 4.90. The summed E-state index contributed by atoms with van der Waals surface area (Å²) in [4.78, 5) is 21.7. The first-order valence-electron chi connectivity index (χ1n) is 13.3. The number of thiazole rings is 1. The molecule has 5 heteroatoms. The van der Waals surface area contributed by atoms with E-state index in [0.717, 1.165) is 36.5 Å². The van der Waals surface area contributed by atoms with Crippen LogP contribution in [0.4, 0.5) is 0 Å². The second-order valence-electron chi connectivity index (χ2n) is 10.9. The van der Waals surface area contributed by atoms with Crippen molar-refractivity contribution >= 4 is 17.2 Å².